The molecule has 4 aromatic carbocycles. The van der Waals surface area contributed by atoms with Crippen molar-refractivity contribution in [3.63, 3.8) is 0 Å². The minimum atomic E-state index is -1.07. The zero-order valence-electron chi connectivity index (χ0n) is 29.6. The van der Waals surface area contributed by atoms with E-state index in [1.165, 1.54) is 12.1 Å². The molecule has 0 radical (unpaired) electrons. The quantitative estimate of drug-likeness (QED) is 0.0865. The van der Waals surface area contributed by atoms with Crippen LogP contribution in [0.4, 0.5) is 10.5 Å². The molecule has 3 amide bonds. The van der Waals surface area contributed by atoms with Crippen molar-refractivity contribution in [2.24, 2.45) is 0 Å². The van der Waals surface area contributed by atoms with Crippen molar-refractivity contribution in [1.82, 2.24) is 10.2 Å². The first kappa shape index (κ1) is 37.5. The lowest BCUT2D eigenvalue weighted by molar-refractivity contribution is -0.140. The first-order valence-electron chi connectivity index (χ1n) is 17.4. The van der Waals surface area contributed by atoms with E-state index in [9.17, 15) is 19.5 Å². The highest BCUT2D eigenvalue weighted by Gasteiger charge is 2.36. The standard InChI is InChI=1S/C42H49N3O5/c1-6-8-9-10-11-14-27-45(40(48)37(44-41(49)50-42(3,4)5)28-31-19-25-36(46)26-20-31)38(33-21-17-30(7-2)18-22-33)39(47)43-35-24-23-32-15-12-13-16-34(32)29-35/h2,12-13,15-26,29,37-38,46H,6,8-11,14,27-28H2,1,3-5H3,(H,43,47)(H,44,49). The van der Waals surface area contributed by atoms with Gasteiger partial charge in [0.05, 0.1) is 0 Å². The van der Waals surface area contributed by atoms with Gasteiger partial charge in [0.25, 0.3) is 5.91 Å². The van der Waals surface area contributed by atoms with Crippen LogP contribution in [0.1, 0.15) is 89.0 Å². The van der Waals surface area contributed by atoms with Gasteiger partial charge >= 0.3 is 6.09 Å². The summed E-state index contributed by atoms with van der Waals surface area (Å²) < 4.78 is 5.56. The number of benzene rings is 4. The monoisotopic (exact) mass is 675 g/mol. The predicted octanol–water partition coefficient (Wildman–Crippen LogP) is 8.53. The summed E-state index contributed by atoms with van der Waals surface area (Å²) in [6.07, 6.45) is 10.9. The average Bonchev–Trinajstić information content (AvgIpc) is 3.09. The van der Waals surface area contributed by atoms with Crippen LogP contribution in [0.15, 0.2) is 91.0 Å². The number of nitrogens with one attached hydrogen (secondary N) is 2. The van der Waals surface area contributed by atoms with E-state index in [2.05, 4.69) is 23.5 Å². The molecule has 0 bridgehead atoms. The Kier molecular flexibility index (Phi) is 13.4. The Morgan fingerprint density at radius 1 is 0.860 bits per heavy atom. The Morgan fingerprint density at radius 2 is 1.52 bits per heavy atom. The molecule has 0 aliphatic heterocycles. The number of phenols is 1. The lowest BCUT2D eigenvalue weighted by atomic mass is 9.98. The second kappa shape index (κ2) is 17.9. The first-order valence-corrected chi connectivity index (χ1v) is 17.4. The van der Waals surface area contributed by atoms with Crippen molar-refractivity contribution in [1.29, 1.82) is 0 Å². The lowest BCUT2D eigenvalue weighted by Crippen LogP contribution is -2.53. The van der Waals surface area contributed by atoms with Gasteiger partial charge in [0.1, 0.15) is 23.4 Å². The number of ether oxygens (including phenoxy) is 1. The summed E-state index contributed by atoms with van der Waals surface area (Å²) in [7, 11) is 0. The summed E-state index contributed by atoms with van der Waals surface area (Å²) in [6.45, 7) is 7.69. The van der Waals surface area contributed by atoms with E-state index >= 15 is 0 Å². The summed E-state index contributed by atoms with van der Waals surface area (Å²) in [6, 6.07) is 25.0. The largest absolute Gasteiger partial charge is 0.508 e. The summed E-state index contributed by atoms with van der Waals surface area (Å²) in [4.78, 5) is 44.0. The van der Waals surface area contributed by atoms with Crippen LogP contribution >= 0.6 is 0 Å². The Bertz CT molecular complexity index is 1770. The number of unbranched alkanes of at least 4 members (excludes halogenated alkanes) is 5. The van der Waals surface area contributed by atoms with E-state index < -0.39 is 35.6 Å². The molecular formula is C42H49N3O5. The van der Waals surface area contributed by atoms with Gasteiger partial charge in [-0.2, -0.15) is 0 Å². The molecular weight excluding hydrogens is 626 g/mol. The van der Waals surface area contributed by atoms with Gasteiger partial charge in [-0.1, -0.05) is 99.5 Å². The molecule has 2 atom stereocenters. The molecule has 0 fully saturated rings. The van der Waals surface area contributed by atoms with Crippen LogP contribution in [0.25, 0.3) is 10.8 Å². The molecule has 2 unspecified atom stereocenters. The van der Waals surface area contributed by atoms with Gasteiger partial charge in [-0.05, 0) is 85.5 Å². The van der Waals surface area contributed by atoms with E-state index in [0.717, 1.165) is 42.9 Å². The maximum Gasteiger partial charge on any atom is 0.408 e. The number of anilines is 1. The zero-order valence-corrected chi connectivity index (χ0v) is 29.6. The zero-order chi connectivity index (χ0) is 36.1. The molecule has 0 aliphatic carbocycles. The van der Waals surface area contributed by atoms with Crippen molar-refractivity contribution in [3.8, 4) is 18.1 Å². The molecule has 0 saturated heterocycles. The number of phenolic OH excluding ortho intramolecular Hbond substituents is 1. The van der Waals surface area contributed by atoms with Crippen LogP contribution in [-0.2, 0) is 20.7 Å². The van der Waals surface area contributed by atoms with Crippen molar-refractivity contribution >= 4 is 34.4 Å². The van der Waals surface area contributed by atoms with E-state index in [-0.39, 0.29) is 18.7 Å². The molecule has 262 valence electrons. The number of aromatic hydroxyl groups is 1. The Balaban J connectivity index is 1.75. The normalized spacial score (nSPS) is 12.4. The molecule has 50 heavy (non-hydrogen) atoms. The number of terminal acetylenes is 1. The number of hydrogen-bond acceptors (Lipinski definition) is 5. The summed E-state index contributed by atoms with van der Waals surface area (Å²) in [5.74, 6) is 1.88. The van der Waals surface area contributed by atoms with Crippen molar-refractivity contribution in [2.45, 2.75) is 90.3 Å². The molecule has 0 spiro atoms. The first-order chi connectivity index (χ1) is 24.0. The highest BCUT2D eigenvalue weighted by atomic mass is 16.6. The average molecular weight is 676 g/mol. The summed E-state index contributed by atoms with van der Waals surface area (Å²) in [5, 5.41) is 17.8. The molecule has 0 aromatic heterocycles. The van der Waals surface area contributed by atoms with Gasteiger partial charge in [-0.15, -0.1) is 6.42 Å². The molecule has 3 N–H and O–H groups in total. The molecule has 0 saturated carbocycles. The van der Waals surface area contributed by atoms with Crippen LogP contribution in [0.3, 0.4) is 0 Å². The fourth-order valence-electron chi connectivity index (χ4n) is 5.86. The topological polar surface area (TPSA) is 108 Å². The van der Waals surface area contributed by atoms with Crippen molar-refractivity contribution < 1.29 is 24.2 Å². The Labute approximate surface area is 296 Å². The van der Waals surface area contributed by atoms with E-state index in [1.54, 1.807) is 62.1 Å². The highest BCUT2D eigenvalue weighted by Crippen LogP contribution is 2.28. The van der Waals surface area contributed by atoms with Gasteiger partial charge in [0.2, 0.25) is 5.91 Å². The number of carbonyl (C=O) groups is 3. The van der Waals surface area contributed by atoms with Gasteiger partial charge in [-0.3, -0.25) is 9.59 Å². The van der Waals surface area contributed by atoms with Gasteiger partial charge in [0.15, 0.2) is 0 Å². The Morgan fingerprint density at radius 3 is 2.18 bits per heavy atom. The van der Waals surface area contributed by atoms with E-state index in [0.29, 0.717) is 28.8 Å². The van der Waals surface area contributed by atoms with Crippen LogP contribution in [-0.4, -0.2) is 46.1 Å². The van der Waals surface area contributed by atoms with Gasteiger partial charge in [-0.25, -0.2) is 4.79 Å². The molecule has 8 heteroatoms. The smallest absolute Gasteiger partial charge is 0.408 e. The predicted molar refractivity (Wildman–Crippen MR) is 200 cm³/mol. The summed E-state index contributed by atoms with van der Waals surface area (Å²) in [5.41, 5.74) is 1.75. The number of amides is 3. The summed E-state index contributed by atoms with van der Waals surface area (Å²) >= 11 is 0. The molecule has 8 nitrogen and oxygen atoms in total. The van der Waals surface area contributed by atoms with Crippen molar-refractivity contribution in [3.05, 3.63) is 108 Å². The molecule has 4 rings (SSSR count). The Hall–Kier alpha value is -5.29. The highest BCUT2D eigenvalue weighted by molar-refractivity contribution is 6.00. The van der Waals surface area contributed by atoms with E-state index in [4.69, 9.17) is 11.2 Å². The second-order valence-corrected chi connectivity index (χ2v) is 13.6. The minimum Gasteiger partial charge on any atom is -0.508 e. The van der Waals surface area contributed by atoms with Crippen LogP contribution in [0, 0.1) is 12.3 Å². The molecule has 4 aromatic rings. The lowest BCUT2D eigenvalue weighted by Gasteiger charge is -2.35. The van der Waals surface area contributed by atoms with Gasteiger partial charge in [0, 0.05) is 24.2 Å². The number of rotatable bonds is 15. The SMILES string of the molecule is C#Cc1ccc(C(C(=O)Nc2ccc3ccccc3c2)N(CCCCCCCC)C(=O)C(Cc2ccc(O)cc2)NC(=O)OC(C)(C)C)cc1. The third-order valence-electron chi connectivity index (χ3n) is 8.37. The van der Waals surface area contributed by atoms with Crippen molar-refractivity contribution in [2.75, 3.05) is 11.9 Å². The number of hydrogen-bond donors (Lipinski definition) is 3. The fraction of sp³-hybridized carbons (Fsp3) is 0.357. The van der Waals surface area contributed by atoms with Gasteiger partial charge < -0.3 is 25.4 Å². The number of alkyl carbamates (subject to hydrolysis) is 1. The van der Waals surface area contributed by atoms with Crippen LogP contribution in [0.2, 0.25) is 0 Å². The van der Waals surface area contributed by atoms with Crippen LogP contribution < -0.4 is 10.6 Å². The third kappa shape index (κ3) is 11.1. The molecule has 0 heterocycles. The number of fused-ring (bicyclic) bond motifs is 1. The molecule has 0 aliphatic rings. The number of carbonyl (C=O) groups excluding carboxylic acids is 3. The number of nitrogens with zero attached hydrogens (tertiary/aromatic N) is 1. The maximum atomic E-state index is 14.8. The minimum absolute atomic E-state index is 0.0854. The van der Waals surface area contributed by atoms with Crippen LogP contribution in [0.5, 0.6) is 5.75 Å². The fourth-order valence-corrected chi connectivity index (χ4v) is 5.86. The van der Waals surface area contributed by atoms with E-state index in [1.807, 2.05) is 42.5 Å². The second-order valence-electron chi connectivity index (χ2n) is 13.6. The maximum absolute atomic E-state index is 14.8. The third-order valence-corrected chi connectivity index (χ3v) is 8.37.